The molecular weight excluding hydrogens is 178 g/mol. The SMILES string of the molecule is CCCN=C(N)C1CN(CC)CCO1. The summed E-state index contributed by atoms with van der Waals surface area (Å²) in [5, 5.41) is 0. The summed E-state index contributed by atoms with van der Waals surface area (Å²) >= 11 is 0. The van der Waals surface area contributed by atoms with Crippen molar-refractivity contribution in [1.82, 2.24) is 4.90 Å². The lowest BCUT2D eigenvalue weighted by molar-refractivity contribution is 0.00812. The molecule has 0 aromatic heterocycles. The predicted octanol–water partition coefficient (Wildman–Crippen LogP) is 0.474. The minimum atomic E-state index is 0.00949. The van der Waals surface area contributed by atoms with E-state index in [-0.39, 0.29) is 6.10 Å². The summed E-state index contributed by atoms with van der Waals surface area (Å²) in [4.78, 5) is 6.61. The molecule has 4 heteroatoms. The van der Waals surface area contributed by atoms with Crippen LogP contribution in [0.1, 0.15) is 20.3 Å². The van der Waals surface area contributed by atoms with Crippen molar-refractivity contribution >= 4 is 5.84 Å². The zero-order valence-corrected chi connectivity index (χ0v) is 9.20. The van der Waals surface area contributed by atoms with Crippen LogP contribution in [0.3, 0.4) is 0 Å². The second-order valence-corrected chi connectivity index (χ2v) is 3.56. The van der Waals surface area contributed by atoms with Crippen LogP contribution >= 0.6 is 0 Å². The molecule has 1 aliphatic heterocycles. The van der Waals surface area contributed by atoms with E-state index in [0.29, 0.717) is 5.84 Å². The van der Waals surface area contributed by atoms with Gasteiger partial charge in [-0.15, -0.1) is 0 Å². The third kappa shape index (κ3) is 3.27. The summed E-state index contributed by atoms with van der Waals surface area (Å²) in [7, 11) is 0. The molecule has 82 valence electrons. The maximum atomic E-state index is 5.85. The third-order valence-electron chi connectivity index (χ3n) is 2.45. The second-order valence-electron chi connectivity index (χ2n) is 3.56. The Morgan fingerprint density at radius 1 is 1.57 bits per heavy atom. The van der Waals surface area contributed by atoms with E-state index in [2.05, 4.69) is 23.7 Å². The summed E-state index contributed by atoms with van der Waals surface area (Å²) in [6, 6.07) is 0. The Labute approximate surface area is 86.1 Å². The molecule has 0 aromatic rings. The number of hydrogen-bond acceptors (Lipinski definition) is 3. The van der Waals surface area contributed by atoms with E-state index in [0.717, 1.165) is 39.2 Å². The Balaban J connectivity index is 2.42. The lowest BCUT2D eigenvalue weighted by Crippen LogP contribution is -2.48. The number of amidine groups is 1. The van der Waals surface area contributed by atoms with Gasteiger partial charge in [0.15, 0.2) is 0 Å². The molecule has 1 atom stereocenters. The van der Waals surface area contributed by atoms with E-state index in [4.69, 9.17) is 10.5 Å². The molecule has 1 rings (SSSR count). The molecule has 1 fully saturated rings. The van der Waals surface area contributed by atoms with Crippen molar-refractivity contribution in [3.8, 4) is 0 Å². The predicted molar refractivity (Wildman–Crippen MR) is 58.6 cm³/mol. The molecule has 0 radical (unpaired) electrons. The number of nitrogens with zero attached hydrogens (tertiary/aromatic N) is 2. The molecule has 1 heterocycles. The molecule has 4 nitrogen and oxygen atoms in total. The molecule has 0 bridgehead atoms. The van der Waals surface area contributed by atoms with Gasteiger partial charge in [0.2, 0.25) is 0 Å². The van der Waals surface area contributed by atoms with Crippen LogP contribution in [0.5, 0.6) is 0 Å². The Bertz CT molecular complexity index is 194. The van der Waals surface area contributed by atoms with Crippen LogP contribution in [0.15, 0.2) is 4.99 Å². The van der Waals surface area contributed by atoms with E-state index < -0.39 is 0 Å². The van der Waals surface area contributed by atoms with Gasteiger partial charge in [-0.1, -0.05) is 13.8 Å². The van der Waals surface area contributed by atoms with Crippen molar-refractivity contribution in [2.75, 3.05) is 32.8 Å². The number of aliphatic imine (C=N–C) groups is 1. The first-order valence-corrected chi connectivity index (χ1v) is 5.41. The zero-order chi connectivity index (χ0) is 10.4. The molecular formula is C10H21N3O. The van der Waals surface area contributed by atoms with Crippen molar-refractivity contribution in [2.45, 2.75) is 26.4 Å². The van der Waals surface area contributed by atoms with E-state index in [1.165, 1.54) is 0 Å². The summed E-state index contributed by atoms with van der Waals surface area (Å²) in [6.45, 7) is 8.77. The highest BCUT2D eigenvalue weighted by Crippen LogP contribution is 2.04. The molecule has 0 aromatic carbocycles. The molecule has 0 amide bonds. The molecule has 0 saturated carbocycles. The van der Waals surface area contributed by atoms with E-state index in [9.17, 15) is 0 Å². The number of nitrogens with two attached hydrogens (primary N) is 1. The Hall–Kier alpha value is -0.610. The first-order valence-electron chi connectivity index (χ1n) is 5.41. The largest absolute Gasteiger partial charge is 0.385 e. The second kappa shape index (κ2) is 5.98. The van der Waals surface area contributed by atoms with Gasteiger partial charge in [-0.2, -0.15) is 0 Å². The topological polar surface area (TPSA) is 50.8 Å². The van der Waals surface area contributed by atoms with Crippen LogP contribution in [0, 0.1) is 0 Å². The van der Waals surface area contributed by atoms with Crippen molar-refractivity contribution in [3.63, 3.8) is 0 Å². The van der Waals surface area contributed by atoms with Gasteiger partial charge in [-0.3, -0.25) is 9.89 Å². The molecule has 0 aliphatic carbocycles. The smallest absolute Gasteiger partial charge is 0.127 e. The van der Waals surface area contributed by atoms with Crippen LogP contribution in [0.2, 0.25) is 0 Å². The number of ether oxygens (including phenoxy) is 1. The number of rotatable bonds is 4. The van der Waals surface area contributed by atoms with E-state index in [1.807, 2.05) is 0 Å². The highest BCUT2D eigenvalue weighted by atomic mass is 16.5. The zero-order valence-electron chi connectivity index (χ0n) is 9.20. The molecule has 0 spiro atoms. The number of likely N-dealkylation sites (N-methyl/N-ethyl adjacent to an activating group) is 1. The van der Waals surface area contributed by atoms with Crippen LogP contribution in [0.25, 0.3) is 0 Å². The van der Waals surface area contributed by atoms with Crippen molar-refractivity contribution in [3.05, 3.63) is 0 Å². The normalized spacial score (nSPS) is 25.3. The van der Waals surface area contributed by atoms with Gasteiger partial charge in [0.05, 0.1) is 6.61 Å². The lowest BCUT2D eigenvalue weighted by Gasteiger charge is -2.31. The van der Waals surface area contributed by atoms with Crippen LogP contribution in [-0.2, 0) is 4.74 Å². The Morgan fingerprint density at radius 2 is 2.36 bits per heavy atom. The minimum absolute atomic E-state index is 0.00949. The van der Waals surface area contributed by atoms with Crippen LogP contribution < -0.4 is 5.73 Å². The molecule has 1 aliphatic rings. The fourth-order valence-electron chi connectivity index (χ4n) is 1.51. The average Bonchev–Trinajstić information content (AvgIpc) is 2.26. The molecule has 1 unspecified atom stereocenters. The molecule has 14 heavy (non-hydrogen) atoms. The quantitative estimate of drug-likeness (QED) is 0.529. The van der Waals surface area contributed by atoms with Gasteiger partial charge in [-0.25, -0.2) is 0 Å². The molecule has 1 saturated heterocycles. The molecule has 2 N–H and O–H groups in total. The van der Waals surface area contributed by atoms with E-state index in [1.54, 1.807) is 0 Å². The Morgan fingerprint density at radius 3 is 3.00 bits per heavy atom. The summed E-state index contributed by atoms with van der Waals surface area (Å²) in [5.74, 6) is 0.657. The van der Waals surface area contributed by atoms with Crippen LogP contribution in [0.4, 0.5) is 0 Å². The van der Waals surface area contributed by atoms with Gasteiger partial charge in [-0.05, 0) is 13.0 Å². The lowest BCUT2D eigenvalue weighted by atomic mass is 10.2. The Kier molecular flexibility index (Phi) is 4.90. The van der Waals surface area contributed by atoms with Crippen molar-refractivity contribution in [1.29, 1.82) is 0 Å². The maximum absolute atomic E-state index is 5.85. The first kappa shape index (κ1) is 11.5. The highest BCUT2D eigenvalue weighted by Gasteiger charge is 2.21. The monoisotopic (exact) mass is 199 g/mol. The van der Waals surface area contributed by atoms with E-state index >= 15 is 0 Å². The van der Waals surface area contributed by atoms with Gasteiger partial charge >= 0.3 is 0 Å². The minimum Gasteiger partial charge on any atom is -0.385 e. The van der Waals surface area contributed by atoms with Gasteiger partial charge < -0.3 is 10.5 Å². The first-order chi connectivity index (χ1) is 6.77. The fourth-order valence-corrected chi connectivity index (χ4v) is 1.51. The van der Waals surface area contributed by atoms with Crippen molar-refractivity contribution < 1.29 is 4.74 Å². The average molecular weight is 199 g/mol. The van der Waals surface area contributed by atoms with Gasteiger partial charge in [0.1, 0.15) is 11.9 Å². The third-order valence-corrected chi connectivity index (χ3v) is 2.45. The summed E-state index contributed by atoms with van der Waals surface area (Å²) in [5.41, 5.74) is 5.85. The number of morpholine rings is 1. The van der Waals surface area contributed by atoms with Crippen LogP contribution in [-0.4, -0.2) is 49.6 Å². The fraction of sp³-hybridized carbons (Fsp3) is 0.900. The highest BCUT2D eigenvalue weighted by molar-refractivity contribution is 5.85. The maximum Gasteiger partial charge on any atom is 0.127 e. The summed E-state index contributed by atoms with van der Waals surface area (Å²) in [6.07, 6.45) is 1.04. The summed E-state index contributed by atoms with van der Waals surface area (Å²) < 4.78 is 5.57. The number of hydrogen-bond donors (Lipinski definition) is 1. The standard InChI is InChI=1S/C10H21N3O/c1-3-5-12-10(11)9-8-13(4-2)6-7-14-9/h9H,3-8H2,1-2H3,(H2,11,12). The van der Waals surface area contributed by atoms with Gasteiger partial charge in [0, 0.05) is 19.6 Å². The van der Waals surface area contributed by atoms with Gasteiger partial charge in [0.25, 0.3) is 0 Å². The van der Waals surface area contributed by atoms with Crippen molar-refractivity contribution in [2.24, 2.45) is 10.7 Å².